The first-order valence-corrected chi connectivity index (χ1v) is 6.19. The highest BCUT2D eigenvalue weighted by Gasteiger charge is 2.19. The number of nitrogens with two attached hydrogens (primary N) is 1. The van der Waals surface area contributed by atoms with Crippen molar-refractivity contribution in [3.05, 3.63) is 58.9 Å². The van der Waals surface area contributed by atoms with Crippen LogP contribution in [0.25, 0.3) is 0 Å². The van der Waals surface area contributed by atoms with Gasteiger partial charge in [-0.15, -0.1) is 0 Å². The quantitative estimate of drug-likeness (QED) is 0.651. The van der Waals surface area contributed by atoms with Crippen LogP contribution in [0.5, 0.6) is 5.75 Å². The molecule has 4 nitrogen and oxygen atoms in total. The van der Waals surface area contributed by atoms with Gasteiger partial charge in [-0.05, 0) is 37.1 Å². The third kappa shape index (κ3) is 2.75. The number of hydrogen-bond donors (Lipinski definition) is 2. The van der Waals surface area contributed by atoms with Gasteiger partial charge in [-0.25, -0.2) is 5.43 Å². The van der Waals surface area contributed by atoms with E-state index >= 15 is 0 Å². The van der Waals surface area contributed by atoms with Crippen molar-refractivity contribution in [2.45, 2.75) is 19.9 Å². The molecule has 0 fully saturated rings. The minimum Gasteiger partial charge on any atom is -0.495 e. The minimum absolute atomic E-state index is 0.184. The highest BCUT2D eigenvalue weighted by Crippen LogP contribution is 2.29. The van der Waals surface area contributed by atoms with Gasteiger partial charge in [0.05, 0.1) is 13.2 Å². The maximum Gasteiger partial charge on any atom is 0.142 e. The number of benzene rings is 1. The van der Waals surface area contributed by atoms with E-state index in [1.807, 2.05) is 12.1 Å². The fraction of sp³-hybridized carbons (Fsp3) is 0.267. The smallest absolute Gasteiger partial charge is 0.142 e. The second-order valence-corrected chi connectivity index (χ2v) is 4.55. The molecule has 0 spiro atoms. The Balaban J connectivity index is 2.50. The average Bonchev–Trinajstić information content (AvgIpc) is 2.42. The Morgan fingerprint density at radius 3 is 2.68 bits per heavy atom. The fourth-order valence-corrected chi connectivity index (χ4v) is 2.26. The maximum atomic E-state index is 5.72. The second-order valence-electron chi connectivity index (χ2n) is 4.55. The molecule has 3 N–H and O–H groups in total. The van der Waals surface area contributed by atoms with Crippen LogP contribution in [0.3, 0.4) is 0 Å². The number of aromatic nitrogens is 1. The zero-order chi connectivity index (χ0) is 13.8. The number of rotatable bonds is 4. The topological polar surface area (TPSA) is 60.2 Å². The van der Waals surface area contributed by atoms with Gasteiger partial charge in [-0.2, -0.15) is 0 Å². The predicted octanol–water partition coefficient (Wildman–Crippen LogP) is 2.26. The highest BCUT2D eigenvalue weighted by atomic mass is 16.5. The molecule has 0 bridgehead atoms. The van der Waals surface area contributed by atoms with Crippen LogP contribution in [0.2, 0.25) is 0 Å². The van der Waals surface area contributed by atoms with Crippen molar-refractivity contribution < 1.29 is 4.74 Å². The van der Waals surface area contributed by atoms with Crippen molar-refractivity contribution in [2.75, 3.05) is 7.11 Å². The largest absolute Gasteiger partial charge is 0.495 e. The van der Waals surface area contributed by atoms with Crippen molar-refractivity contribution in [1.29, 1.82) is 0 Å². The molecule has 0 saturated heterocycles. The summed E-state index contributed by atoms with van der Waals surface area (Å²) < 4.78 is 5.36. The molecule has 19 heavy (non-hydrogen) atoms. The summed E-state index contributed by atoms with van der Waals surface area (Å²) in [6.45, 7) is 4.14. The Kier molecular flexibility index (Phi) is 4.14. The molecule has 0 saturated carbocycles. The molecular formula is C15H19N3O. The van der Waals surface area contributed by atoms with Crippen LogP contribution in [-0.4, -0.2) is 12.1 Å². The number of hydrazine groups is 1. The van der Waals surface area contributed by atoms with Crippen LogP contribution in [0.4, 0.5) is 0 Å². The highest BCUT2D eigenvalue weighted by molar-refractivity contribution is 5.41. The van der Waals surface area contributed by atoms with E-state index in [4.69, 9.17) is 10.6 Å². The van der Waals surface area contributed by atoms with Gasteiger partial charge < -0.3 is 4.74 Å². The first-order valence-electron chi connectivity index (χ1n) is 6.19. The fourth-order valence-electron chi connectivity index (χ4n) is 2.26. The second kappa shape index (κ2) is 5.82. The first-order chi connectivity index (χ1) is 9.17. The molecule has 1 atom stereocenters. The van der Waals surface area contributed by atoms with Gasteiger partial charge in [-0.3, -0.25) is 10.8 Å². The molecular weight excluding hydrogens is 238 g/mol. The van der Waals surface area contributed by atoms with Crippen LogP contribution in [0.15, 0.2) is 36.5 Å². The zero-order valence-corrected chi connectivity index (χ0v) is 11.5. The molecule has 0 aliphatic heterocycles. The molecule has 1 aromatic carbocycles. The van der Waals surface area contributed by atoms with E-state index in [9.17, 15) is 0 Å². The molecule has 2 rings (SSSR count). The Morgan fingerprint density at radius 1 is 1.26 bits per heavy atom. The lowest BCUT2D eigenvalue weighted by atomic mass is 9.96. The van der Waals surface area contributed by atoms with Crippen molar-refractivity contribution >= 4 is 0 Å². The summed E-state index contributed by atoms with van der Waals surface area (Å²) in [6, 6.07) is 9.82. The maximum absolute atomic E-state index is 5.72. The van der Waals surface area contributed by atoms with Crippen molar-refractivity contribution in [1.82, 2.24) is 10.4 Å². The van der Waals surface area contributed by atoms with Crippen molar-refractivity contribution in [2.24, 2.45) is 5.84 Å². The molecule has 2 aromatic rings. The predicted molar refractivity (Wildman–Crippen MR) is 75.9 cm³/mol. The van der Waals surface area contributed by atoms with E-state index in [0.29, 0.717) is 0 Å². The zero-order valence-electron chi connectivity index (χ0n) is 11.5. The third-order valence-electron chi connectivity index (χ3n) is 3.20. The van der Waals surface area contributed by atoms with E-state index < -0.39 is 0 Å². The molecule has 4 heteroatoms. The lowest BCUT2D eigenvalue weighted by Crippen LogP contribution is -2.30. The summed E-state index contributed by atoms with van der Waals surface area (Å²) in [6.07, 6.45) is 1.74. The Labute approximate surface area is 113 Å². The number of pyridine rings is 1. The third-order valence-corrected chi connectivity index (χ3v) is 3.20. The van der Waals surface area contributed by atoms with E-state index in [0.717, 1.165) is 17.0 Å². The standard InChI is InChI=1S/C15H19N3O/c1-10-6-7-12(11(2)9-10)14(18-16)15-13(19-3)5-4-8-17-15/h4-9,14,18H,16H2,1-3H3. The average molecular weight is 257 g/mol. The van der Waals surface area contributed by atoms with E-state index in [1.165, 1.54) is 11.1 Å². The summed E-state index contributed by atoms with van der Waals surface area (Å²) in [5.41, 5.74) is 7.12. The van der Waals surface area contributed by atoms with E-state index in [-0.39, 0.29) is 6.04 Å². The summed E-state index contributed by atoms with van der Waals surface area (Å²) in [4.78, 5) is 4.39. The van der Waals surface area contributed by atoms with Crippen molar-refractivity contribution in [3.8, 4) is 5.75 Å². The SMILES string of the molecule is COc1cccnc1C(NN)c1ccc(C)cc1C. The molecule has 1 aromatic heterocycles. The number of nitrogens with one attached hydrogen (secondary N) is 1. The van der Waals surface area contributed by atoms with Gasteiger partial charge >= 0.3 is 0 Å². The Hall–Kier alpha value is -1.91. The first kappa shape index (κ1) is 13.5. The van der Waals surface area contributed by atoms with Crippen LogP contribution >= 0.6 is 0 Å². The van der Waals surface area contributed by atoms with Gasteiger partial charge in [0, 0.05) is 6.20 Å². The van der Waals surface area contributed by atoms with Gasteiger partial charge in [0.25, 0.3) is 0 Å². The number of nitrogens with zero attached hydrogens (tertiary/aromatic N) is 1. The summed E-state index contributed by atoms with van der Waals surface area (Å²) in [7, 11) is 1.64. The number of aryl methyl sites for hydroxylation is 2. The van der Waals surface area contributed by atoms with Crippen LogP contribution in [0, 0.1) is 13.8 Å². The summed E-state index contributed by atoms with van der Waals surface area (Å²) >= 11 is 0. The van der Waals surface area contributed by atoms with Crippen LogP contribution < -0.4 is 16.0 Å². The Bertz CT molecular complexity index is 569. The van der Waals surface area contributed by atoms with Crippen LogP contribution in [-0.2, 0) is 0 Å². The monoisotopic (exact) mass is 257 g/mol. The summed E-state index contributed by atoms with van der Waals surface area (Å²) in [5, 5.41) is 0. The molecule has 100 valence electrons. The molecule has 0 aliphatic rings. The van der Waals surface area contributed by atoms with Crippen molar-refractivity contribution in [3.63, 3.8) is 0 Å². The lowest BCUT2D eigenvalue weighted by molar-refractivity contribution is 0.400. The number of methoxy groups -OCH3 is 1. The minimum atomic E-state index is -0.184. The van der Waals surface area contributed by atoms with Gasteiger partial charge in [0.15, 0.2) is 0 Å². The number of hydrogen-bond acceptors (Lipinski definition) is 4. The molecule has 0 radical (unpaired) electrons. The molecule has 0 aliphatic carbocycles. The molecule has 1 heterocycles. The Morgan fingerprint density at radius 2 is 2.05 bits per heavy atom. The number of ether oxygens (including phenoxy) is 1. The van der Waals surface area contributed by atoms with E-state index in [2.05, 4.69) is 42.5 Å². The van der Waals surface area contributed by atoms with Crippen LogP contribution in [0.1, 0.15) is 28.4 Å². The molecule has 1 unspecified atom stereocenters. The van der Waals surface area contributed by atoms with E-state index in [1.54, 1.807) is 13.3 Å². The van der Waals surface area contributed by atoms with Gasteiger partial charge in [0.2, 0.25) is 0 Å². The summed E-state index contributed by atoms with van der Waals surface area (Å²) in [5.74, 6) is 6.45. The molecule has 0 amide bonds. The van der Waals surface area contributed by atoms with Gasteiger partial charge in [-0.1, -0.05) is 23.8 Å². The normalized spacial score (nSPS) is 12.2. The lowest BCUT2D eigenvalue weighted by Gasteiger charge is -2.20. The van der Waals surface area contributed by atoms with Gasteiger partial charge in [0.1, 0.15) is 11.4 Å².